The summed E-state index contributed by atoms with van der Waals surface area (Å²) in [5.74, 6) is 0.472. The lowest BCUT2D eigenvalue weighted by atomic mass is 10.1. The van der Waals surface area contributed by atoms with Crippen LogP contribution in [-0.4, -0.2) is 30.9 Å². The zero-order valence-electron chi connectivity index (χ0n) is 11.7. The van der Waals surface area contributed by atoms with Gasteiger partial charge in [0.25, 0.3) is 0 Å². The molecule has 0 fully saturated rings. The standard InChI is InChI=1S/C14H20O5/c1-9(2)19-14(16)8-18-12-6-5-11(10(3)15)7-13(12)17-4/h5-7,9-10,15H,8H2,1-4H3. The van der Waals surface area contributed by atoms with E-state index in [4.69, 9.17) is 14.2 Å². The summed E-state index contributed by atoms with van der Waals surface area (Å²) in [7, 11) is 1.50. The van der Waals surface area contributed by atoms with E-state index in [1.807, 2.05) is 0 Å². The second-order valence-corrected chi connectivity index (χ2v) is 4.41. The summed E-state index contributed by atoms with van der Waals surface area (Å²) in [5.41, 5.74) is 0.717. The summed E-state index contributed by atoms with van der Waals surface area (Å²) in [4.78, 5) is 11.4. The van der Waals surface area contributed by atoms with Crippen LogP contribution in [0.2, 0.25) is 0 Å². The fourth-order valence-electron chi connectivity index (χ4n) is 1.50. The van der Waals surface area contributed by atoms with Crippen LogP contribution in [0.3, 0.4) is 0 Å². The Kier molecular flexibility index (Phi) is 5.63. The van der Waals surface area contributed by atoms with Crippen LogP contribution in [0, 0.1) is 0 Å². The molecule has 0 heterocycles. The number of aliphatic hydroxyl groups excluding tert-OH is 1. The smallest absolute Gasteiger partial charge is 0.344 e. The van der Waals surface area contributed by atoms with Crippen molar-refractivity contribution in [2.45, 2.75) is 33.0 Å². The van der Waals surface area contributed by atoms with Crippen molar-refractivity contribution in [1.82, 2.24) is 0 Å². The molecule has 0 aliphatic carbocycles. The Labute approximate surface area is 113 Å². The molecule has 0 saturated carbocycles. The van der Waals surface area contributed by atoms with Gasteiger partial charge in [-0.1, -0.05) is 6.07 Å². The second kappa shape index (κ2) is 6.99. The zero-order chi connectivity index (χ0) is 14.4. The molecule has 0 amide bonds. The predicted octanol–water partition coefficient (Wildman–Crippen LogP) is 2.08. The third-order valence-electron chi connectivity index (χ3n) is 2.38. The Morgan fingerprint density at radius 2 is 1.95 bits per heavy atom. The van der Waals surface area contributed by atoms with Crippen molar-refractivity contribution in [3.8, 4) is 11.5 Å². The molecule has 0 aromatic heterocycles. The van der Waals surface area contributed by atoms with E-state index in [1.165, 1.54) is 7.11 Å². The number of aliphatic hydroxyl groups is 1. The minimum atomic E-state index is -0.589. The van der Waals surface area contributed by atoms with Gasteiger partial charge in [0.05, 0.1) is 19.3 Å². The lowest BCUT2D eigenvalue weighted by Gasteiger charge is -2.13. The molecule has 0 aliphatic heterocycles. The first-order chi connectivity index (χ1) is 8.93. The number of methoxy groups -OCH3 is 1. The van der Waals surface area contributed by atoms with Crippen LogP contribution in [0.25, 0.3) is 0 Å². The highest BCUT2D eigenvalue weighted by Crippen LogP contribution is 2.30. The maximum absolute atomic E-state index is 11.4. The summed E-state index contributed by atoms with van der Waals surface area (Å²) in [5, 5.41) is 9.48. The number of hydrogen-bond acceptors (Lipinski definition) is 5. The van der Waals surface area contributed by atoms with Gasteiger partial charge in [0, 0.05) is 0 Å². The van der Waals surface area contributed by atoms with Crippen molar-refractivity contribution in [3.05, 3.63) is 23.8 Å². The molecule has 106 valence electrons. The molecule has 0 spiro atoms. The molecule has 0 radical (unpaired) electrons. The van der Waals surface area contributed by atoms with E-state index in [0.717, 1.165) is 0 Å². The van der Waals surface area contributed by atoms with E-state index in [9.17, 15) is 9.90 Å². The van der Waals surface area contributed by atoms with Crippen LogP contribution in [0.4, 0.5) is 0 Å². The highest BCUT2D eigenvalue weighted by Gasteiger charge is 2.11. The molecule has 0 aliphatic rings. The fourth-order valence-corrected chi connectivity index (χ4v) is 1.50. The molecule has 1 aromatic carbocycles. The molecule has 1 atom stereocenters. The van der Waals surface area contributed by atoms with Gasteiger partial charge >= 0.3 is 5.97 Å². The number of benzene rings is 1. The highest BCUT2D eigenvalue weighted by atomic mass is 16.6. The van der Waals surface area contributed by atoms with Crippen LogP contribution in [-0.2, 0) is 9.53 Å². The van der Waals surface area contributed by atoms with Gasteiger partial charge in [-0.3, -0.25) is 0 Å². The average molecular weight is 268 g/mol. The lowest BCUT2D eigenvalue weighted by Crippen LogP contribution is -2.18. The first kappa shape index (κ1) is 15.3. The molecular formula is C14H20O5. The Morgan fingerprint density at radius 1 is 1.26 bits per heavy atom. The van der Waals surface area contributed by atoms with Crippen LogP contribution >= 0.6 is 0 Å². The summed E-state index contributed by atoms with van der Waals surface area (Å²) in [6.45, 7) is 5.03. The molecule has 1 aromatic rings. The van der Waals surface area contributed by atoms with E-state index in [0.29, 0.717) is 17.1 Å². The third-order valence-corrected chi connectivity index (χ3v) is 2.38. The first-order valence-electron chi connectivity index (χ1n) is 6.12. The number of ether oxygens (including phenoxy) is 3. The number of carbonyl (C=O) groups is 1. The second-order valence-electron chi connectivity index (χ2n) is 4.41. The molecular weight excluding hydrogens is 248 g/mol. The number of rotatable bonds is 6. The Morgan fingerprint density at radius 3 is 2.47 bits per heavy atom. The maximum atomic E-state index is 11.4. The fraction of sp³-hybridized carbons (Fsp3) is 0.500. The summed E-state index contributed by atoms with van der Waals surface area (Å²) < 4.78 is 15.5. The Hall–Kier alpha value is -1.75. The van der Waals surface area contributed by atoms with Gasteiger partial charge in [-0.25, -0.2) is 4.79 Å². The maximum Gasteiger partial charge on any atom is 0.344 e. The number of hydrogen-bond donors (Lipinski definition) is 1. The Balaban J connectivity index is 2.70. The minimum absolute atomic E-state index is 0.171. The van der Waals surface area contributed by atoms with Gasteiger partial charge in [0.2, 0.25) is 0 Å². The molecule has 0 bridgehead atoms. The van der Waals surface area contributed by atoms with Crippen molar-refractivity contribution in [2.24, 2.45) is 0 Å². The van der Waals surface area contributed by atoms with Crippen molar-refractivity contribution in [3.63, 3.8) is 0 Å². The number of esters is 1. The quantitative estimate of drug-likeness (QED) is 0.800. The van der Waals surface area contributed by atoms with Gasteiger partial charge in [-0.05, 0) is 38.5 Å². The van der Waals surface area contributed by atoms with E-state index in [2.05, 4.69) is 0 Å². The van der Waals surface area contributed by atoms with Crippen LogP contribution in [0.5, 0.6) is 11.5 Å². The van der Waals surface area contributed by atoms with Crippen molar-refractivity contribution in [1.29, 1.82) is 0 Å². The molecule has 1 unspecified atom stereocenters. The lowest BCUT2D eigenvalue weighted by molar-refractivity contribution is -0.149. The van der Waals surface area contributed by atoms with Gasteiger partial charge in [-0.2, -0.15) is 0 Å². The molecule has 5 nitrogen and oxygen atoms in total. The highest BCUT2D eigenvalue weighted by molar-refractivity contribution is 5.71. The molecule has 1 rings (SSSR count). The van der Waals surface area contributed by atoms with E-state index in [-0.39, 0.29) is 12.7 Å². The van der Waals surface area contributed by atoms with Gasteiger partial charge in [0.1, 0.15) is 0 Å². The summed E-state index contributed by atoms with van der Waals surface area (Å²) in [6.07, 6.45) is -0.760. The average Bonchev–Trinajstić information content (AvgIpc) is 2.35. The normalized spacial score (nSPS) is 12.1. The van der Waals surface area contributed by atoms with Crippen LogP contribution < -0.4 is 9.47 Å². The van der Waals surface area contributed by atoms with Crippen molar-refractivity contribution in [2.75, 3.05) is 13.7 Å². The van der Waals surface area contributed by atoms with Crippen molar-refractivity contribution >= 4 is 5.97 Å². The topological polar surface area (TPSA) is 65.0 Å². The summed E-state index contributed by atoms with van der Waals surface area (Å²) in [6, 6.07) is 5.05. The van der Waals surface area contributed by atoms with Gasteiger partial charge in [0.15, 0.2) is 18.1 Å². The van der Waals surface area contributed by atoms with Crippen LogP contribution in [0.1, 0.15) is 32.4 Å². The van der Waals surface area contributed by atoms with Gasteiger partial charge < -0.3 is 19.3 Å². The predicted molar refractivity (Wildman–Crippen MR) is 70.4 cm³/mol. The monoisotopic (exact) mass is 268 g/mol. The first-order valence-corrected chi connectivity index (χ1v) is 6.12. The van der Waals surface area contributed by atoms with Gasteiger partial charge in [-0.15, -0.1) is 0 Å². The minimum Gasteiger partial charge on any atom is -0.493 e. The summed E-state index contributed by atoms with van der Waals surface area (Å²) >= 11 is 0. The van der Waals surface area contributed by atoms with E-state index < -0.39 is 12.1 Å². The molecule has 5 heteroatoms. The van der Waals surface area contributed by atoms with Crippen LogP contribution in [0.15, 0.2) is 18.2 Å². The number of carbonyl (C=O) groups excluding carboxylic acids is 1. The molecule has 19 heavy (non-hydrogen) atoms. The van der Waals surface area contributed by atoms with E-state index in [1.54, 1.807) is 39.0 Å². The largest absolute Gasteiger partial charge is 0.493 e. The third kappa shape index (κ3) is 4.79. The molecule has 0 saturated heterocycles. The van der Waals surface area contributed by atoms with E-state index >= 15 is 0 Å². The zero-order valence-corrected chi connectivity index (χ0v) is 11.7. The SMILES string of the molecule is COc1cc(C(C)O)ccc1OCC(=O)OC(C)C. The van der Waals surface area contributed by atoms with Crippen molar-refractivity contribution < 1.29 is 24.1 Å². The molecule has 1 N–H and O–H groups in total. The Bertz CT molecular complexity index is 426.